The maximum atomic E-state index is 12.4. The second-order valence-electron chi connectivity index (χ2n) is 6.97. The van der Waals surface area contributed by atoms with E-state index in [9.17, 15) is 18.0 Å². The summed E-state index contributed by atoms with van der Waals surface area (Å²) in [7, 11) is -3.81. The molecule has 35 heavy (non-hydrogen) atoms. The lowest BCUT2D eigenvalue weighted by Crippen LogP contribution is -2.34. The van der Waals surface area contributed by atoms with Gasteiger partial charge in [0.25, 0.3) is 5.91 Å². The molecule has 2 N–H and O–H groups in total. The second-order valence-corrected chi connectivity index (χ2v) is 9.17. The largest absolute Gasteiger partial charge is 0.490 e. The molecule has 3 aromatic rings. The van der Waals surface area contributed by atoms with Crippen molar-refractivity contribution in [1.29, 1.82) is 0 Å². The lowest BCUT2D eigenvalue weighted by Gasteiger charge is -2.11. The molecule has 9 nitrogen and oxygen atoms in total. The molecule has 0 saturated carbocycles. The number of carbonyl (C=O) groups excluding carboxylic acids is 2. The molecule has 0 atom stereocenters. The first kappa shape index (κ1) is 25.9. The molecule has 0 radical (unpaired) electrons. The summed E-state index contributed by atoms with van der Waals surface area (Å²) in [5.41, 5.74) is 3.12. The summed E-state index contributed by atoms with van der Waals surface area (Å²) in [5, 5.41) is 4.33. The number of halogens is 1. The van der Waals surface area contributed by atoms with E-state index >= 15 is 0 Å². The fourth-order valence-corrected chi connectivity index (χ4v) is 3.89. The van der Waals surface area contributed by atoms with Gasteiger partial charge in [0.1, 0.15) is 0 Å². The molecule has 0 fully saturated rings. The number of amides is 1. The molecule has 0 aliphatic heterocycles. The van der Waals surface area contributed by atoms with Gasteiger partial charge in [-0.3, -0.25) is 4.79 Å². The number of hydrogen-bond acceptors (Lipinski definition) is 7. The van der Waals surface area contributed by atoms with Crippen molar-refractivity contribution in [2.24, 2.45) is 5.10 Å². The zero-order valence-corrected chi connectivity index (χ0v) is 20.2. The molecule has 0 aromatic heterocycles. The molecule has 0 aliphatic rings. The summed E-state index contributed by atoms with van der Waals surface area (Å²) >= 11 is 5.84. The number of benzene rings is 3. The summed E-state index contributed by atoms with van der Waals surface area (Å²) in [6.45, 7) is 1.62. The van der Waals surface area contributed by atoms with Gasteiger partial charge in [0.2, 0.25) is 10.0 Å². The minimum atomic E-state index is -3.81. The van der Waals surface area contributed by atoms with E-state index in [1.807, 2.05) is 0 Å². The van der Waals surface area contributed by atoms with E-state index in [4.69, 9.17) is 21.1 Å². The average Bonchev–Trinajstić information content (AvgIpc) is 2.85. The highest BCUT2D eigenvalue weighted by Gasteiger charge is 2.15. The molecule has 0 heterocycles. The number of hydrogen-bond donors (Lipinski definition) is 2. The molecule has 3 aromatic carbocycles. The standard InChI is InChI=1S/C24H22ClN3O6S/c1-2-33-22-14-17(8-13-21(22)34-24(30)18-9-11-19(25)12-10-18)15-26-28-23(29)16-27-35(31,32)20-6-4-3-5-7-20/h3-15,27H,2,16H2,1H3,(H,28,29)/b26-15-. The van der Waals surface area contributed by atoms with Crippen LogP contribution in [0.1, 0.15) is 22.8 Å². The predicted octanol–water partition coefficient (Wildman–Crippen LogP) is 3.39. The van der Waals surface area contributed by atoms with Crippen molar-refractivity contribution in [2.75, 3.05) is 13.2 Å². The quantitative estimate of drug-likeness (QED) is 0.185. The summed E-state index contributed by atoms with van der Waals surface area (Å²) in [6.07, 6.45) is 1.34. The van der Waals surface area contributed by atoms with E-state index in [1.165, 1.54) is 24.4 Å². The number of nitrogens with one attached hydrogen (secondary N) is 2. The number of esters is 1. The Labute approximate surface area is 207 Å². The lowest BCUT2D eigenvalue weighted by molar-refractivity contribution is -0.119. The fourth-order valence-electron chi connectivity index (χ4n) is 2.76. The average molecular weight is 516 g/mol. The van der Waals surface area contributed by atoms with Gasteiger partial charge < -0.3 is 9.47 Å². The van der Waals surface area contributed by atoms with Crippen LogP contribution in [0, 0.1) is 0 Å². The topological polar surface area (TPSA) is 123 Å². The number of nitrogens with zero attached hydrogens (tertiary/aromatic N) is 1. The van der Waals surface area contributed by atoms with Crippen LogP contribution in [-0.2, 0) is 14.8 Å². The van der Waals surface area contributed by atoms with Crippen LogP contribution >= 0.6 is 11.6 Å². The molecular formula is C24H22ClN3O6S. The summed E-state index contributed by atoms with van der Waals surface area (Å²) in [6, 6.07) is 18.7. The van der Waals surface area contributed by atoms with Gasteiger partial charge in [-0.05, 0) is 67.1 Å². The smallest absolute Gasteiger partial charge is 0.343 e. The van der Waals surface area contributed by atoms with Gasteiger partial charge in [0.05, 0.1) is 29.8 Å². The molecule has 1 amide bonds. The first-order valence-electron chi connectivity index (χ1n) is 10.4. The van der Waals surface area contributed by atoms with Crippen molar-refractivity contribution in [3.63, 3.8) is 0 Å². The van der Waals surface area contributed by atoms with E-state index in [1.54, 1.807) is 61.5 Å². The summed E-state index contributed by atoms with van der Waals surface area (Å²) < 4.78 is 37.5. The number of ether oxygens (including phenoxy) is 2. The van der Waals surface area contributed by atoms with E-state index in [2.05, 4.69) is 15.2 Å². The van der Waals surface area contributed by atoms with E-state index in [0.29, 0.717) is 28.5 Å². The minimum absolute atomic E-state index is 0.0524. The molecule has 0 saturated heterocycles. The van der Waals surface area contributed by atoms with Crippen LogP contribution in [0.3, 0.4) is 0 Å². The molecule has 11 heteroatoms. The monoisotopic (exact) mass is 515 g/mol. The van der Waals surface area contributed by atoms with E-state index < -0.39 is 28.4 Å². The fraction of sp³-hybridized carbons (Fsp3) is 0.125. The highest BCUT2D eigenvalue weighted by Crippen LogP contribution is 2.29. The SMILES string of the molecule is CCOc1cc(/C=N\NC(=O)CNS(=O)(=O)c2ccccc2)ccc1OC(=O)c1ccc(Cl)cc1. The van der Waals surface area contributed by atoms with Crippen LogP contribution in [0.15, 0.2) is 82.8 Å². The van der Waals surface area contributed by atoms with Gasteiger partial charge in [0, 0.05) is 5.02 Å². The Balaban J connectivity index is 1.59. The number of sulfonamides is 1. The summed E-state index contributed by atoms with van der Waals surface area (Å²) in [4.78, 5) is 24.4. The van der Waals surface area contributed by atoms with Crippen molar-refractivity contribution >= 4 is 39.7 Å². The zero-order chi connectivity index (χ0) is 25.3. The first-order chi connectivity index (χ1) is 16.8. The van der Waals surface area contributed by atoms with Gasteiger partial charge in [-0.25, -0.2) is 23.4 Å². The summed E-state index contributed by atoms with van der Waals surface area (Å²) in [5.74, 6) is -0.711. The van der Waals surface area contributed by atoms with Crippen LogP contribution in [0.5, 0.6) is 11.5 Å². The normalized spacial score (nSPS) is 11.3. The van der Waals surface area contributed by atoms with Crippen molar-refractivity contribution in [3.05, 3.63) is 88.9 Å². The van der Waals surface area contributed by atoms with Gasteiger partial charge in [-0.1, -0.05) is 29.8 Å². The highest BCUT2D eigenvalue weighted by molar-refractivity contribution is 7.89. The molecule has 0 aliphatic carbocycles. The molecule has 0 bridgehead atoms. The number of hydrazone groups is 1. The number of carbonyl (C=O) groups is 2. The molecule has 0 spiro atoms. The van der Waals surface area contributed by atoms with Crippen molar-refractivity contribution in [2.45, 2.75) is 11.8 Å². The minimum Gasteiger partial charge on any atom is -0.490 e. The van der Waals surface area contributed by atoms with Crippen LogP contribution in [0.2, 0.25) is 5.02 Å². The molecular weight excluding hydrogens is 494 g/mol. The Kier molecular flexibility index (Phi) is 8.96. The lowest BCUT2D eigenvalue weighted by atomic mass is 10.2. The van der Waals surface area contributed by atoms with Crippen LogP contribution in [0.25, 0.3) is 0 Å². The molecule has 182 valence electrons. The van der Waals surface area contributed by atoms with E-state index in [-0.39, 0.29) is 10.6 Å². The molecule has 0 unspecified atom stereocenters. The molecule has 3 rings (SSSR count). The van der Waals surface area contributed by atoms with Crippen molar-refractivity contribution < 1.29 is 27.5 Å². The van der Waals surface area contributed by atoms with Gasteiger partial charge >= 0.3 is 5.97 Å². The second kappa shape index (κ2) is 12.1. The zero-order valence-electron chi connectivity index (χ0n) is 18.6. The van der Waals surface area contributed by atoms with Gasteiger partial charge in [-0.2, -0.15) is 5.10 Å². The van der Waals surface area contributed by atoms with Crippen LogP contribution in [0.4, 0.5) is 0 Å². The maximum absolute atomic E-state index is 12.4. The van der Waals surface area contributed by atoms with Crippen LogP contribution in [-0.4, -0.2) is 39.7 Å². The van der Waals surface area contributed by atoms with Crippen molar-refractivity contribution in [1.82, 2.24) is 10.1 Å². The highest BCUT2D eigenvalue weighted by atomic mass is 35.5. The predicted molar refractivity (Wildman–Crippen MR) is 131 cm³/mol. The van der Waals surface area contributed by atoms with Crippen LogP contribution < -0.4 is 19.6 Å². The maximum Gasteiger partial charge on any atom is 0.343 e. The number of rotatable bonds is 10. The third-order valence-corrected chi connectivity index (χ3v) is 6.10. The Morgan fingerprint density at radius 1 is 1.00 bits per heavy atom. The first-order valence-corrected chi connectivity index (χ1v) is 12.3. The third-order valence-electron chi connectivity index (χ3n) is 4.43. The Bertz CT molecular complexity index is 1310. The van der Waals surface area contributed by atoms with Crippen molar-refractivity contribution in [3.8, 4) is 11.5 Å². The Hall–Kier alpha value is -3.73. The third kappa shape index (κ3) is 7.64. The van der Waals surface area contributed by atoms with E-state index in [0.717, 1.165) is 0 Å². The van der Waals surface area contributed by atoms with Gasteiger partial charge in [-0.15, -0.1) is 0 Å². The van der Waals surface area contributed by atoms with Gasteiger partial charge in [0.15, 0.2) is 11.5 Å². The Morgan fingerprint density at radius 3 is 2.40 bits per heavy atom. The Morgan fingerprint density at radius 2 is 1.71 bits per heavy atom.